The maximum atomic E-state index is 13.0. The molecule has 0 saturated carbocycles. The minimum atomic E-state index is -3.69. The molecule has 1 aliphatic rings. The van der Waals surface area contributed by atoms with Crippen LogP contribution in [-0.2, 0) is 10.0 Å². The summed E-state index contributed by atoms with van der Waals surface area (Å²) in [5.41, 5.74) is 2.30. The summed E-state index contributed by atoms with van der Waals surface area (Å²) in [6.45, 7) is 2.79. The van der Waals surface area contributed by atoms with Crippen LogP contribution in [0.3, 0.4) is 0 Å². The molecule has 1 aromatic heterocycles. The fraction of sp³-hybridized carbons (Fsp3) is 0.238. The Bertz CT molecular complexity index is 1210. The lowest BCUT2D eigenvalue weighted by Gasteiger charge is -2.17. The molecule has 1 saturated heterocycles. The summed E-state index contributed by atoms with van der Waals surface area (Å²) in [7, 11) is -3.69. The Balaban J connectivity index is 1.68. The van der Waals surface area contributed by atoms with Crippen LogP contribution < -0.4 is 5.32 Å². The number of sulfonamides is 1. The summed E-state index contributed by atoms with van der Waals surface area (Å²) in [6, 6.07) is 13.6. The molecule has 150 valence electrons. The quantitative estimate of drug-likeness (QED) is 0.672. The molecule has 1 aliphatic heterocycles. The molecule has 29 heavy (non-hydrogen) atoms. The van der Waals surface area contributed by atoms with Gasteiger partial charge in [0.15, 0.2) is 0 Å². The predicted octanol–water partition coefficient (Wildman–Crippen LogP) is 4.23. The van der Waals surface area contributed by atoms with Crippen LogP contribution in [0.25, 0.3) is 10.9 Å². The van der Waals surface area contributed by atoms with E-state index in [1.54, 1.807) is 12.1 Å². The van der Waals surface area contributed by atoms with Crippen LogP contribution >= 0.6 is 11.6 Å². The molecule has 1 amide bonds. The monoisotopic (exact) mass is 429 g/mol. The van der Waals surface area contributed by atoms with Gasteiger partial charge in [-0.2, -0.15) is 4.31 Å². The Morgan fingerprint density at radius 2 is 1.83 bits per heavy atom. The number of halogens is 1. The first-order valence-electron chi connectivity index (χ1n) is 9.34. The number of benzene rings is 2. The van der Waals surface area contributed by atoms with E-state index in [1.807, 2.05) is 31.2 Å². The molecule has 2 heterocycles. The number of para-hydroxylation sites is 1. The second-order valence-electron chi connectivity index (χ2n) is 7.04. The van der Waals surface area contributed by atoms with Gasteiger partial charge in [-0.25, -0.2) is 8.42 Å². The lowest BCUT2D eigenvalue weighted by molar-refractivity contribution is 0.102. The molecular formula is C21H20ClN3O3S. The van der Waals surface area contributed by atoms with Crippen LogP contribution in [0.1, 0.15) is 28.9 Å². The van der Waals surface area contributed by atoms with Crippen LogP contribution in [0.4, 0.5) is 5.69 Å². The fourth-order valence-corrected chi connectivity index (χ4v) is 5.56. The van der Waals surface area contributed by atoms with Crippen molar-refractivity contribution in [3.63, 3.8) is 0 Å². The smallest absolute Gasteiger partial charge is 0.256 e. The number of rotatable bonds is 4. The Morgan fingerprint density at radius 1 is 1.10 bits per heavy atom. The van der Waals surface area contributed by atoms with Gasteiger partial charge < -0.3 is 5.32 Å². The van der Waals surface area contributed by atoms with Crippen LogP contribution in [0.2, 0.25) is 5.02 Å². The van der Waals surface area contributed by atoms with Crippen molar-refractivity contribution in [2.45, 2.75) is 24.7 Å². The second-order valence-corrected chi connectivity index (χ2v) is 9.35. The SMILES string of the molecule is Cc1cc(C(=O)Nc2ccc(Cl)c(S(=O)(=O)N3CCCC3)c2)c2ccccc2n1. The Kier molecular flexibility index (Phi) is 5.29. The van der Waals surface area contributed by atoms with Crippen molar-refractivity contribution < 1.29 is 13.2 Å². The molecule has 3 aromatic rings. The second kappa shape index (κ2) is 7.74. The van der Waals surface area contributed by atoms with E-state index in [1.165, 1.54) is 16.4 Å². The molecule has 4 rings (SSSR count). The van der Waals surface area contributed by atoms with E-state index >= 15 is 0 Å². The number of nitrogens with zero attached hydrogens (tertiary/aromatic N) is 2. The third-order valence-electron chi connectivity index (χ3n) is 4.96. The number of hydrogen-bond donors (Lipinski definition) is 1. The van der Waals surface area contributed by atoms with E-state index in [-0.39, 0.29) is 15.8 Å². The summed E-state index contributed by atoms with van der Waals surface area (Å²) in [5, 5.41) is 3.67. The highest BCUT2D eigenvalue weighted by atomic mass is 35.5. The van der Waals surface area contributed by atoms with Crippen LogP contribution in [0, 0.1) is 6.92 Å². The summed E-state index contributed by atoms with van der Waals surface area (Å²) in [5.74, 6) is -0.335. The van der Waals surface area contributed by atoms with Gasteiger partial charge in [0.2, 0.25) is 10.0 Å². The summed E-state index contributed by atoms with van der Waals surface area (Å²) in [6.07, 6.45) is 1.67. The summed E-state index contributed by atoms with van der Waals surface area (Å²) >= 11 is 6.18. The van der Waals surface area contributed by atoms with Gasteiger partial charge in [-0.15, -0.1) is 0 Å². The molecule has 0 radical (unpaired) electrons. The van der Waals surface area contributed by atoms with Crippen LogP contribution in [-0.4, -0.2) is 36.7 Å². The maximum Gasteiger partial charge on any atom is 0.256 e. The molecule has 6 nitrogen and oxygen atoms in total. The summed E-state index contributed by atoms with van der Waals surface area (Å²) in [4.78, 5) is 17.4. The third-order valence-corrected chi connectivity index (χ3v) is 7.34. The zero-order valence-corrected chi connectivity index (χ0v) is 17.4. The molecule has 0 aliphatic carbocycles. The first kappa shape index (κ1) is 19.8. The number of aromatic nitrogens is 1. The molecule has 0 bridgehead atoms. The van der Waals surface area contributed by atoms with Crippen molar-refractivity contribution >= 4 is 44.1 Å². The number of amides is 1. The lowest BCUT2D eigenvalue weighted by Crippen LogP contribution is -2.28. The zero-order chi connectivity index (χ0) is 20.6. The van der Waals surface area contributed by atoms with E-state index in [9.17, 15) is 13.2 Å². The predicted molar refractivity (Wildman–Crippen MR) is 114 cm³/mol. The molecule has 1 N–H and O–H groups in total. The molecule has 1 fully saturated rings. The Labute approximate surface area is 174 Å². The lowest BCUT2D eigenvalue weighted by atomic mass is 10.1. The van der Waals surface area contributed by atoms with Crippen LogP contribution in [0.5, 0.6) is 0 Å². The van der Waals surface area contributed by atoms with Gasteiger partial charge in [0, 0.05) is 29.9 Å². The molecule has 0 unspecified atom stereocenters. The average Bonchev–Trinajstić information content (AvgIpc) is 3.24. The maximum absolute atomic E-state index is 13.0. The Hall–Kier alpha value is -2.48. The molecule has 2 aromatic carbocycles. The highest BCUT2D eigenvalue weighted by molar-refractivity contribution is 7.89. The van der Waals surface area contributed by atoms with Crippen molar-refractivity contribution in [3.05, 3.63) is 64.8 Å². The minimum absolute atomic E-state index is 0.00892. The number of carbonyl (C=O) groups is 1. The van der Waals surface area contributed by atoms with E-state index in [2.05, 4.69) is 10.3 Å². The van der Waals surface area contributed by atoms with Gasteiger partial charge in [0.05, 0.1) is 16.1 Å². The fourth-order valence-electron chi connectivity index (χ4n) is 3.54. The van der Waals surface area contributed by atoms with E-state index in [0.717, 1.165) is 29.4 Å². The molecule has 8 heteroatoms. The number of nitrogens with one attached hydrogen (secondary N) is 1. The molecular weight excluding hydrogens is 410 g/mol. The number of hydrogen-bond acceptors (Lipinski definition) is 4. The number of anilines is 1. The van der Waals surface area contributed by atoms with Crippen molar-refractivity contribution in [2.24, 2.45) is 0 Å². The first-order valence-corrected chi connectivity index (χ1v) is 11.2. The van der Waals surface area contributed by atoms with Crippen LogP contribution in [0.15, 0.2) is 53.4 Å². The summed E-state index contributed by atoms with van der Waals surface area (Å²) < 4.78 is 27.2. The van der Waals surface area contributed by atoms with Crippen molar-refractivity contribution in [1.82, 2.24) is 9.29 Å². The third kappa shape index (κ3) is 3.85. The highest BCUT2D eigenvalue weighted by Crippen LogP contribution is 2.30. The Morgan fingerprint density at radius 3 is 2.59 bits per heavy atom. The van der Waals surface area contributed by atoms with E-state index in [0.29, 0.717) is 24.3 Å². The van der Waals surface area contributed by atoms with Gasteiger partial charge in [-0.1, -0.05) is 29.8 Å². The van der Waals surface area contributed by atoms with Gasteiger partial charge in [0.1, 0.15) is 4.90 Å². The highest BCUT2D eigenvalue weighted by Gasteiger charge is 2.29. The van der Waals surface area contributed by atoms with Gasteiger partial charge in [-0.05, 0) is 50.1 Å². The number of pyridine rings is 1. The van der Waals surface area contributed by atoms with E-state index in [4.69, 9.17) is 11.6 Å². The average molecular weight is 430 g/mol. The van der Waals surface area contributed by atoms with Crippen molar-refractivity contribution in [3.8, 4) is 0 Å². The number of aryl methyl sites for hydroxylation is 1. The zero-order valence-electron chi connectivity index (χ0n) is 15.9. The minimum Gasteiger partial charge on any atom is -0.322 e. The first-order chi connectivity index (χ1) is 13.9. The number of fused-ring (bicyclic) bond motifs is 1. The van der Waals surface area contributed by atoms with Crippen molar-refractivity contribution in [1.29, 1.82) is 0 Å². The normalized spacial score (nSPS) is 15.0. The topological polar surface area (TPSA) is 79.4 Å². The van der Waals surface area contributed by atoms with Crippen molar-refractivity contribution in [2.75, 3.05) is 18.4 Å². The van der Waals surface area contributed by atoms with Gasteiger partial charge in [-0.3, -0.25) is 9.78 Å². The molecule has 0 atom stereocenters. The van der Waals surface area contributed by atoms with Gasteiger partial charge in [0.25, 0.3) is 5.91 Å². The standard InChI is InChI=1S/C21H20ClN3O3S/c1-14-12-17(16-6-2-3-7-19(16)23-14)21(26)24-15-8-9-18(22)20(13-15)29(27,28)25-10-4-5-11-25/h2-3,6-9,12-13H,4-5,10-11H2,1H3,(H,24,26). The van der Waals surface area contributed by atoms with Gasteiger partial charge >= 0.3 is 0 Å². The number of carbonyl (C=O) groups excluding carboxylic acids is 1. The van der Waals surface area contributed by atoms with E-state index < -0.39 is 10.0 Å². The molecule has 0 spiro atoms. The largest absolute Gasteiger partial charge is 0.322 e.